The Morgan fingerprint density at radius 1 is 0.889 bits per heavy atom. The second-order valence-electron chi connectivity index (χ2n) is 8.56. The van der Waals surface area contributed by atoms with E-state index in [1.54, 1.807) is 0 Å². The minimum absolute atomic E-state index is 0.0619. The molecule has 0 fully saturated rings. The number of unbranched alkanes of at least 4 members (excludes halogenated alkanes) is 2. The van der Waals surface area contributed by atoms with Gasteiger partial charge in [0.05, 0.1) is 12.2 Å². The van der Waals surface area contributed by atoms with Gasteiger partial charge in [0.2, 0.25) is 0 Å². The van der Waals surface area contributed by atoms with Crippen LogP contribution >= 0.6 is 0 Å². The van der Waals surface area contributed by atoms with Crippen molar-refractivity contribution < 1.29 is 9.53 Å². The molecule has 2 rings (SSSR count). The lowest BCUT2D eigenvalue weighted by Crippen LogP contribution is -2.68. The number of aliphatic hydroxyl groups excluding tert-OH is 1. The zero-order chi connectivity index (χ0) is 19.9. The molecule has 2 aromatic rings. The van der Waals surface area contributed by atoms with E-state index in [1.807, 2.05) is 6.92 Å². The highest BCUT2D eigenvalue weighted by Gasteiger charge is 2.51. The molecule has 0 amide bonds. The molecule has 0 saturated heterocycles. The Kier molecular flexibility index (Phi) is 7.84. The van der Waals surface area contributed by atoms with Crippen LogP contribution in [-0.4, -0.2) is 25.6 Å². The second kappa shape index (κ2) is 9.68. The average Bonchev–Trinajstić information content (AvgIpc) is 2.65. The van der Waals surface area contributed by atoms with Gasteiger partial charge in [-0.25, -0.2) is 0 Å². The van der Waals surface area contributed by atoms with E-state index < -0.39 is 14.4 Å². The molecule has 148 valence electrons. The van der Waals surface area contributed by atoms with Crippen LogP contribution < -0.4 is 10.4 Å². The molecule has 0 bridgehead atoms. The summed E-state index contributed by atoms with van der Waals surface area (Å²) in [6.45, 7) is 10.9. The summed E-state index contributed by atoms with van der Waals surface area (Å²) >= 11 is 0. The smallest absolute Gasteiger partial charge is 0.261 e. The monoisotopic (exact) mass is 384 g/mol. The van der Waals surface area contributed by atoms with Crippen molar-refractivity contribution in [3.8, 4) is 0 Å². The van der Waals surface area contributed by atoms with Crippen LogP contribution in [0.15, 0.2) is 60.7 Å². The Labute approximate surface area is 166 Å². The Bertz CT molecular complexity index is 622. The third kappa shape index (κ3) is 5.10. The van der Waals surface area contributed by atoms with Gasteiger partial charge in [0.25, 0.3) is 8.32 Å². The van der Waals surface area contributed by atoms with Crippen LogP contribution in [0.25, 0.3) is 0 Å². The molecule has 0 aromatic heterocycles. The fourth-order valence-electron chi connectivity index (χ4n) is 3.91. The minimum Gasteiger partial charge on any atom is -0.402 e. The molecule has 0 unspecified atom stereocenters. The first-order valence-corrected chi connectivity index (χ1v) is 12.2. The minimum atomic E-state index is -2.60. The largest absolute Gasteiger partial charge is 0.402 e. The molecule has 0 heterocycles. The van der Waals surface area contributed by atoms with Crippen LogP contribution in [0.1, 0.15) is 60.3 Å². The fourth-order valence-corrected chi connectivity index (χ4v) is 8.70. The van der Waals surface area contributed by atoms with Gasteiger partial charge in [-0.15, -0.1) is 0 Å². The number of hydrogen-bond acceptors (Lipinski definition) is 2. The first-order valence-electron chi connectivity index (χ1n) is 10.3. The van der Waals surface area contributed by atoms with Gasteiger partial charge in [0, 0.05) is 0 Å². The highest BCUT2D eigenvalue weighted by molar-refractivity contribution is 6.99. The van der Waals surface area contributed by atoms with E-state index >= 15 is 0 Å². The summed E-state index contributed by atoms with van der Waals surface area (Å²) < 4.78 is 7.07. The lowest BCUT2D eigenvalue weighted by molar-refractivity contribution is 0.0353. The molecule has 2 aromatic carbocycles. The summed E-state index contributed by atoms with van der Waals surface area (Å²) in [5.74, 6) is 0. The third-order valence-electron chi connectivity index (χ3n) is 5.38. The molecule has 0 saturated carbocycles. The summed E-state index contributed by atoms with van der Waals surface area (Å²) in [6, 6.07) is 21.3. The third-order valence-corrected chi connectivity index (χ3v) is 10.4. The van der Waals surface area contributed by atoms with Crippen molar-refractivity contribution in [2.45, 2.75) is 77.5 Å². The molecule has 0 radical (unpaired) electrons. The first kappa shape index (κ1) is 21.9. The predicted octanol–water partition coefficient (Wildman–Crippen LogP) is 4.89. The van der Waals surface area contributed by atoms with Crippen molar-refractivity contribution in [1.29, 1.82) is 0 Å². The van der Waals surface area contributed by atoms with E-state index in [-0.39, 0.29) is 11.1 Å². The van der Waals surface area contributed by atoms with Crippen molar-refractivity contribution in [3.05, 3.63) is 60.7 Å². The van der Waals surface area contributed by atoms with Crippen LogP contribution in [0.2, 0.25) is 5.04 Å². The molecule has 0 spiro atoms. The van der Waals surface area contributed by atoms with Crippen LogP contribution in [0.5, 0.6) is 0 Å². The van der Waals surface area contributed by atoms with Crippen molar-refractivity contribution in [2.75, 3.05) is 0 Å². The zero-order valence-corrected chi connectivity index (χ0v) is 18.6. The van der Waals surface area contributed by atoms with Crippen LogP contribution in [0.4, 0.5) is 0 Å². The quantitative estimate of drug-likeness (QED) is 0.492. The first-order chi connectivity index (χ1) is 12.8. The van der Waals surface area contributed by atoms with Gasteiger partial charge >= 0.3 is 0 Å². The second-order valence-corrected chi connectivity index (χ2v) is 12.8. The Balaban J connectivity index is 2.57. The molecule has 0 aliphatic carbocycles. The summed E-state index contributed by atoms with van der Waals surface area (Å²) in [7, 11) is -2.60. The van der Waals surface area contributed by atoms with Crippen molar-refractivity contribution >= 4 is 18.7 Å². The average molecular weight is 385 g/mol. The number of hydrogen-bond donors (Lipinski definition) is 1. The summed E-state index contributed by atoms with van der Waals surface area (Å²) in [6.07, 6.45) is 3.70. The normalized spacial score (nSPS) is 14.7. The number of aliphatic hydroxyl groups is 1. The lowest BCUT2D eigenvalue weighted by Gasteiger charge is -2.45. The maximum absolute atomic E-state index is 10.5. The topological polar surface area (TPSA) is 29.5 Å². The van der Waals surface area contributed by atoms with Crippen molar-refractivity contribution in [1.82, 2.24) is 0 Å². The van der Waals surface area contributed by atoms with Gasteiger partial charge in [-0.2, -0.15) is 0 Å². The molecule has 0 aliphatic rings. The molecule has 2 atom stereocenters. The zero-order valence-electron chi connectivity index (χ0n) is 17.6. The summed E-state index contributed by atoms with van der Waals surface area (Å²) in [4.78, 5) is 0. The molecule has 2 nitrogen and oxygen atoms in total. The van der Waals surface area contributed by atoms with Gasteiger partial charge in [-0.05, 0) is 28.8 Å². The van der Waals surface area contributed by atoms with E-state index in [0.717, 1.165) is 12.8 Å². The van der Waals surface area contributed by atoms with Crippen LogP contribution in [-0.2, 0) is 4.43 Å². The lowest BCUT2D eigenvalue weighted by atomic mass is 10.1. The SMILES string of the molecule is CCCCC[C@@H](O[Si](c1ccccc1)(c1ccccc1)C(C)(C)C)[C@H](C)O. The van der Waals surface area contributed by atoms with Crippen LogP contribution in [0.3, 0.4) is 0 Å². The summed E-state index contributed by atoms with van der Waals surface area (Å²) in [5.41, 5.74) is 0. The highest BCUT2D eigenvalue weighted by Crippen LogP contribution is 2.38. The van der Waals surface area contributed by atoms with E-state index in [9.17, 15) is 5.11 Å². The van der Waals surface area contributed by atoms with Gasteiger partial charge in [-0.1, -0.05) is 108 Å². The van der Waals surface area contributed by atoms with E-state index in [0.29, 0.717) is 0 Å². The Hall–Kier alpha value is -1.42. The molecule has 3 heteroatoms. The van der Waals surface area contributed by atoms with Crippen LogP contribution in [0, 0.1) is 0 Å². The van der Waals surface area contributed by atoms with Gasteiger partial charge in [0.1, 0.15) is 0 Å². The molecule has 27 heavy (non-hydrogen) atoms. The number of rotatable bonds is 9. The fraction of sp³-hybridized carbons (Fsp3) is 0.500. The molecular formula is C24H36O2Si. The van der Waals surface area contributed by atoms with Gasteiger partial charge < -0.3 is 9.53 Å². The standard InChI is InChI=1S/C24H36O2Si/c1-6-7-10-19-23(20(2)25)26-27(24(3,4)5,21-15-11-8-12-16-21)22-17-13-9-14-18-22/h8-9,11-18,20,23,25H,6-7,10,19H2,1-5H3/t20-,23+/m0/s1. The van der Waals surface area contributed by atoms with Crippen molar-refractivity contribution in [3.63, 3.8) is 0 Å². The summed E-state index contributed by atoms with van der Waals surface area (Å²) in [5, 5.41) is 13.0. The molecule has 0 aliphatic heterocycles. The maximum atomic E-state index is 10.5. The Morgan fingerprint density at radius 2 is 1.37 bits per heavy atom. The predicted molar refractivity (Wildman–Crippen MR) is 118 cm³/mol. The molecular weight excluding hydrogens is 348 g/mol. The van der Waals surface area contributed by atoms with E-state index in [1.165, 1.54) is 23.2 Å². The molecule has 1 N–H and O–H groups in total. The number of benzene rings is 2. The Morgan fingerprint density at radius 3 is 1.74 bits per heavy atom. The van der Waals surface area contributed by atoms with E-state index in [4.69, 9.17) is 4.43 Å². The van der Waals surface area contributed by atoms with Gasteiger partial charge in [0.15, 0.2) is 0 Å². The van der Waals surface area contributed by atoms with Gasteiger partial charge in [-0.3, -0.25) is 0 Å². The maximum Gasteiger partial charge on any atom is 0.261 e. The highest BCUT2D eigenvalue weighted by atomic mass is 28.4. The van der Waals surface area contributed by atoms with Crippen molar-refractivity contribution in [2.24, 2.45) is 0 Å². The van der Waals surface area contributed by atoms with E-state index in [2.05, 4.69) is 88.4 Å².